The third kappa shape index (κ3) is 5.38. The summed E-state index contributed by atoms with van der Waals surface area (Å²) in [5, 5.41) is 3.31. The van der Waals surface area contributed by atoms with E-state index in [9.17, 15) is 4.79 Å². The van der Waals surface area contributed by atoms with Crippen molar-refractivity contribution in [3.63, 3.8) is 0 Å². The summed E-state index contributed by atoms with van der Waals surface area (Å²) >= 11 is 0. The largest absolute Gasteiger partial charge is 0.368 e. The molecule has 0 aromatic heterocycles. The molecule has 1 saturated heterocycles. The molecule has 0 aromatic carbocycles. The van der Waals surface area contributed by atoms with Crippen LogP contribution in [0.1, 0.15) is 33.1 Å². The van der Waals surface area contributed by atoms with Crippen molar-refractivity contribution in [1.29, 1.82) is 0 Å². The van der Waals surface area contributed by atoms with Crippen molar-refractivity contribution >= 4 is 5.91 Å². The third-order valence-electron chi connectivity index (χ3n) is 4.18. The van der Waals surface area contributed by atoms with Gasteiger partial charge in [-0.25, -0.2) is 0 Å². The minimum Gasteiger partial charge on any atom is -0.368 e. The van der Waals surface area contributed by atoms with Crippen LogP contribution in [-0.4, -0.2) is 68.1 Å². The number of likely N-dealkylation sites (tertiary alicyclic amines) is 1. The number of piperidine rings is 1. The molecule has 1 atom stereocenters. The van der Waals surface area contributed by atoms with E-state index in [4.69, 9.17) is 5.73 Å². The fraction of sp³-hybridized carbons (Fsp3) is 0.933. The Hall–Kier alpha value is -0.650. The molecule has 5 nitrogen and oxygen atoms in total. The number of carbonyl (C=O) groups is 1. The normalized spacial score (nSPS) is 21.1. The lowest BCUT2D eigenvalue weighted by molar-refractivity contribution is -0.124. The molecule has 1 fully saturated rings. The Kier molecular flexibility index (Phi) is 6.92. The maximum absolute atomic E-state index is 11.7. The Morgan fingerprint density at radius 1 is 1.40 bits per heavy atom. The average molecular weight is 284 g/mol. The number of carbonyl (C=O) groups excluding carboxylic acids is 1. The first kappa shape index (κ1) is 17.4. The van der Waals surface area contributed by atoms with Gasteiger partial charge < -0.3 is 20.9 Å². The van der Waals surface area contributed by atoms with Gasteiger partial charge in [0.2, 0.25) is 5.91 Å². The van der Waals surface area contributed by atoms with E-state index in [1.807, 2.05) is 6.92 Å². The average Bonchev–Trinajstić information content (AvgIpc) is 2.38. The molecule has 20 heavy (non-hydrogen) atoms. The SMILES string of the molecule is CCCNC(C)(CN1CCC(CN(C)C)CC1)C(N)=O. The highest BCUT2D eigenvalue weighted by Gasteiger charge is 2.33. The molecule has 0 saturated carbocycles. The number of hydrogen-bond donors (Lipinski definition) is 2. The molecule has 0 radical (unpaired) electrons. The second kappa shape index (κ2) is 7.96. The number of rotatable bonds is 8. The van der Waals surface area contributed by atoms with Gasteiger partial charge in [-0.05, 0) is 65.8 Å². The first-order chi connectivity index (χ1) is 9.37. The van der Waals surface area contributed by atoms with Gasteiger partial charge in [0, 0.05) is 13.1 Å². The van der Waals surface area contributed by atoms with Crippen LogP contribution in [0.15, 0.2) is 0 Å². The summed E-state index contributed by atoms with van der Waals surface area (Å²) in [6.45, 7) is 8.87. The van der Waals surface area contributed by atoms with E-state index in [0.717, 1.165) is 45.1 Å². The topological polar surface area (TPSA) is 61.6 Å². The van der Waals surface area contributed by atoms with Crippen LogP contribution in [0.2, 0.25) is 0 Å². The highest BCUT2D eigenvalue weighted by molar-refractivity contribution is 5.84. The van der Waals surface area contributed by atoms with Crippen molar-refractivity contribution in [2.45, 2.75) is 38.6 Å². The van der Waals surface area contributed by atoms with E-state index in [2.05, 4.69) is 36.1 Å². The molecule has 0 aromatic rings. The standard InChI is InChI=1S/C15H32N4O/c1-5-8-17-15(2,14(16)20)12-19-9-6-13(7-10-19)11-18(3)4/h13,17H,5-12H2,1-4H3,(H2,16,20). The zero-order chi connectivity index (χ0) is 15.2. The van der Waals surface area contributed by atoms with Crippen molar-refractivity contribution in [2.75, 3.05) is 46.8 Å². The molecule has 5 heteroatoms. The zero-order valence-corrected chi connectivity index (χ0v) is 13.6. The van der Waals surface area contributed by atoms with E-state index >= 15 is 0 Å². The molecule has 0 aliphatic carbocycles. The van der Waals surface area contributed by atoms with Crippen molar-refractivity contribution in [3.8, 4) is 0 Å². The van der Waals surface area contributed by atoms with Crippen LogP contribution < -0.4 is 11.1 Å². The van der Waals surface area contributed by atoms with E-state index < -0.39 is 5.54 Å². The summed E-state index contributed by atoms with van der Waals surface area (Å²) in [4.78, 5) is 16.4. The zero-order valence-electron chi connectivity index (χ0n) is 13.6. The minimum atomic E-state index is -0.607. The molecule has 3 N–H and O–H groups in total. The first-order valence-electron chi connectivity index (χ1n) is 7.79. The number of primary amides is 1. The molecule has 1 unspecified atom stereocenters. The van der Waals surface area contributed by atoms with Crippen LogP contribution in [0, 0.1) is 5.92 Å². The molecule has 1 heterocycles. The van der Waals surface area contributed by atoms with Gasteiger partial charge in [0.1, 0.15) is 5.54 Å². The maximum Gasteiger partial charge on any atom is 0.238 e. The van der Waals surface area contributed by atoms with E-state index in [-0.39, 0.29) is 5.91 Å². The lowest BCUT2D eigenvalue weighted by Crippen LogP contribution is -2.60. The van der Waals surface area contributed by atoms with Gasteiger partial charge in [0.25, 0.3) is 0 Å². The number of nitrogens with two attached hydrogens (primary N) is 1. The van der Waals surface area contributed by atoms with Gasteiger partial charge in [-0.3, -0.25) is 4.79 Å². The van der Waals surface area contributed by atoms with Crippen LogP contribution >= 0.6 is 0 Å². The Bertz CT molecular complexity index is 300. The Morgan fingerprint density at radius 2 is 2.00 bits per heavy atom. The van der Waals surface area contributed by atoms with Crippen molar-refractivity contribution in [2.24, 2.45) is 11.7 Å². The highest BCUT2D eigenvalue weighted by Crippen LogP contribution is 2.19. The van der Waals surface area contributed by atoms with E-state index in [1.54, 1.807) is 0 Å². The maximum atomic E-state index is 11.7. The summed E-state index contributed by atoms with van der Waals surface area (Å²) in [5.41, 5.74) is 4.98. The van der Waals surface area contributed by atoms with E-state index in [0.29, 0.717) is 0 Å². The fourth-order valence-corrected chi connectivity index (χ4v) is 2.91. The molecular formula is C15H32N4O. The molecular weight excluding hydrogens is 252 g/mol. The Labute approximate surface area is 123 Å². The van der Waals surface area contributed by atoms with Crippen LogP contribution in [0.5, 0.6) is 0 Å². The monoisotopic (exact) mass is 284 g/mol. The van der Waals surface area contributed by atoms with Crippen LogP contribution in [0.25, 0.3) is 0 Å². The minimum absolute atomic E-state index is 0.249. The lowest BCUT2D eigenvalue weighted by Gasteiger charge is -2.38. The number of nitrogens with zero attached hydrogens (tertiary/aromatic N) is 2. The highest BCUT2D eigenvalue weighted by atomic mass is 16.1. The second-order valence-electron chi connectivity index (χ2n) is 6.60. The van der Waals surface area contributed by atoms with Gasteiger partial charge in [0.05, 0.1) is 0 Å². The molecule has 0 bridgehead atoms. The van der Waals surface area contributed by atoms with E-state index in [1.165, 1.54) is 12.8 Å². The lowest BCUT2D eigenvalue weighted by atomic mass is 9.93. The second-order valence-corrected chi connectivity index (χ2v) is 6.60. The van der Waals surface area contributed by atoms with Crippen LogP contribution in [0.4, 0.5) is 0 Å². The summed E-state index contributed by atoms with van der Waals surface area (Å²) in [6.07, 6.45) is 3.43. The van der Waals surface area contributed by atoms with Crippen LogP contribution in [0.3, 0.4) is 0 Å². The predicted octanol–water partition coefficient (Wildman–Crippen LogP) is 0.504. The third-order valence-corrected chi connectivity index (χ3v) is 4.18. The van der Waals surface area contributed by atoms with Crippen molar-refractivity contribution in [1.82, 2.24) is 15.1 Å². The molecule has 118 valence electrons. The van der Waals surface area contributed by atoms with Gasteiger partial charge in [-0.15, -0.1) is 0 Å². The summed E-state index contributed by atoms with van der Waals surface area (Å²) in [7, 11) is 4.26. The van der Waals surface area contributed by atoms with Gasteiger partial charge in [-0.2, -0.15) is 0 Å². The Morgan fingerprint density at radius 3 is 2.45 bits per heavy atom. The van der Waals surface area contributed by atoms with Gasteiger partial charge in [0.15, 0.2) is 0 Å². The fourth-order valence-electron chi connectivity index (χ4n) is 2.91. The summed E-state index contributed by atoms with van der Waals surface area (Å²) in [5.74, 6) is 0.533. The molecule has 1 rings (SSSR count). The molecule has 1 aliphatic rings. The molecule has 1 aliphatic heterocycles. The first-order valence-corrected chi connectivity index (χ1v) is 7.79. The molecule has 0 spiro atoms. The summed E-state index contributed by atoms with van der Waals surface area (Å²) in [6, 6.07) is 0. The summed E-state index contributed by atoms with van der Waals surface area (Å²) < 4.78 is 0. The number of nitrogens with one attached hydrogen (secondary N) is 1. The van der Waals surface area contributed by atoms with Crippen molar-refractivity contribution < 1.29 is 4.79 Å². The number of hydrogen-bond acceptors (Lipinski definition) is 4. The predicted molar refractivity (Wildman–Crippen MR) is 83.6 cm³/mol. The van der Waals surface area contributed by atoms with Gasteiger partial charge >= 0.3 is 0 Å². The van der Waals surface area contributed by atoms with Gasteiger partial charge in [-0.1, -0.05) is 6.92 Å². The number of amides is 1. The molecule has 1 amide bonds. The smallest absolute Gasteiger partial charge is 0.238 e. The Balaban J connectivity index is 2.45. The van der Waals surface area contributed by atoms with Crippen molar-refractivity contribution in [3.05, 3.63) is 0 Å². The van der Waals surface area contributed by atoms with Crippen LogP contribution in [-0.2, 0) is 4.79 Å². The quantitative estimate of drug-likeness (QED) is 0.681.